The highest BCUT2D eigenvalue weighted by Gasteiger charge is 2.33. The molecule has 33 heavy (non-hydrogen) atoms. The summed E-state index contributed by atoms with van der Waals surface area (Å²) in [5, 5.41) is 13.5. The zero-order chi connectivity index (χ0) is 24.2. The fourth-order valence-corrected chi connectivity index (χ4v) is 4.44. The number of aliphatic carboxylic acids is 1. The van der Waals surface area contributed by atoms with E-state index in [9.17, 15) is 18.3 Å². The van der Waals surface area contributed by atoms with E-state index in [0.717, 1.165) is 15.8 Å². The van der Waals surface area contributed by atoms with Crippen LogP contribution in [0.1, 0.15) is 25.0 Å². The first-order valence-electron chi connectivity index (χ1n) is 10.1. The molecule has 0 radical (unpaired) electrons. The van der Waals surface area contributed by atoms with Gasteiger partial charge in [-0.15, -0.1) is 0 Å². The minimum absolute atomic E-state index is 0.0844. The molecule has 0 saturated heterocycles. The second-order valence-corrected chi connectivity index (χ2v) is 9.89. The smallest absolute Gasteiger partial charge is 0.331 e. The summed E-state index contributed by atoms with van der Waals surface area (Å²) in [6, 6.07) is 14.3. The molecule has 176 valence electrons. The Labute approximate surface area is 193 Å². The maximum Gasteiger partial charge on any atom is 0.331 e. The predicted molar refractivity (Wildman–Crippen MR) is 122 cm³/mol. The Morgan fingerprint density at radius 2 is 1.42 bits per heavy atom. The van der Waals surface area contributed by atoms with E-state index in [0.29, 0.717) is 11.5 Å². The zero-order valence-electron chi connectivity index (χ0n) is 18.9. The molecule has 0 aliphatic heterocycles. The van der Waals surface area contributed by atoms with E-state index in [1.165, 1.54) is 30.5 Å². The Hall–Kier alpha value is -3.37. The van der Waals surface area contributed by atoms with Gasteiger partial charge in [0.2, 0.25) is 10.0 Å². The maximum absolute atomic E-state index is 13.6. The fourth-order valence-electron chi connectivity index (χ4n) is 3.09. The molecule has 0 saturated carbocycles. The Kier molecular flexibility index (Phi) is 7.09. The van der Waals surface area contributed by atoms with Crippen LogP contribution in [0.2, 0.25) is 0 Å². The number of carboxylic acid groups (broad SMARTS) is 1. The number of rotatable bonds is 10. The lowest BCUT2D eigenvalue weighted by molar-refractivity contribution is -0.146. The molecule has 3 rings (SSSR count). The van der Waals surface area contributed by atoms with E-state index in [4.69, 9.17) is 9.47 Å². The van der Waals surface area contributed by atoms with Crippen molar-refractivity contribution in [2.45, 2.75) is 37.4 Å². The van der Waals surface area contributed by atoms with Gasteiger partial charge in [0.25, 0.3) is 0 Å². The molecule has 0 amide bonds. The highest BCUT2D eigenvalue weighted by atomic mass is 32.2. The third-order valence-corrected chi connectivity index (χ3v) is 7.07. The van der Waals surface area contributed by atoms with Crippen LogP contribution >= 0.6 is 0 Å². The van der Waals surface area contributed by atoms with Crippen LogP contribution in [0, 0.1) is 0 Å². The SMILES string of the molecule is COc1ccc(CN(Cc2ccc(OC)cc2)S(=O)(=O)c2cnn(C(C)(C)C(=O)O)c2)cc1. The fraction of sp³-hybridized carbons (Fsp3) is 0.304. The van der Waals surface area contributed by atoms with Gasteiger partial charge in [0.1, 0.15) is 16.4 Å². The van der Waals surface area contributed by atoms with Gasteiger partial charge in [-0.05, 0) is 49.2 Å². The van der Waals surface area contributed by atoms with E-state index in [1.807, 2.05) is 0 Å². The Morgan fingerprint density at radius 3 is 1.82 bits per heavy atom. The molecule has 0 bridgehead atoms. The molecular weight excluding hydrogens is 446 g/mol. The molecule has 0 aliphatic carbocycles. The largest absolute Gasteiger partial charge is 0.497 e. The van der Waals surface area contributed by atoms with Gasteiger partial charge in [-0.2, -0.15) is 9.40 Å². The first kappa shape index (κ1) is 24.3. The summed E-state index contributed by atoms with van der Waals surface area (Å²) in [5.74, 6) is 0.212. The van der Waals surface area contributed by atoms with Crippen molar-refractivity contribution in [2.75, 3.05) is 14.2 Å². The molecule has 0 fully saturated rings. The normalized spacial score (nSPS) is 12.0. The highest BCUT2D eigenvalue weighted by molar-refractivity contribution is 7.89. The van der Waals surface area contributed by atoms with E-state index in [1.54, 1.807) is 62.8 Å². The standard InChI is InChI=1S/C23H27N3O6S/c1-23(2,22(27)28)26-16-21(13-24-26)33(29,30)25(14-17-5-9-19(31-3)10-6-17)15-18-7-11-20(32-4)12-8-18/h5-13,16H,14-15H2,1-4H3,(H,27,28). The van der Waals surface area contributed by atoms with Gasteiger partial charge in [0.05, 0.1) is 20.4 Å². The number of hydrogen-bond donors (Lipinski definition) is 1. The lowest BCUT2D eigenvalue weighted by atomic mass is 10.1. The van der Waals surface area contributed by atoms with Crippen LogP contribution in [0.3, 0.4) is 0 Å². The minimum Gasteiger partial charge on any atom is -0.497 e. The van der Waals surface area contributed by atoms with E-state index >= 15 is 0 Å². The van der Waals surface area contributed by atoms with Crippen LogP contribution in [0.25, 0.3) is 0 Å². The third kappa shape index (κ3) is 5.35. The van der Waals surface area contributed by atoms with Gasteiger partial charge >= 0.3 is 5.97 Å². The zero-order valence-corrected chi connectivity index (χ0v) is 19.7. The maximum atomic E-state index is 13.6. The van der Waals surface area contributed by atoms with Crippen LogP contribution < -0.4 is 9.47 Å². The lowest BCUT2D eigenvalue weighted by Crippen LogP contribution is -2.36. The second-order valence-electron chi connectivity index (χ2n) is 7.95. The number of methoxy groups -OCH3 is 2. The van der Waals surface area contributed by atoms with Crippen LogP contribution in [-0.4, -0.2) is 47.8 Å². The van der Waals surface area contributed by atoms with Gasteiger partial charge in [-0.1, -0.05) is 24.3 Å². The molecule has 1 heterocycles. The quantitative estimate of drug-likeness (QED) is 0.482. The molecule has 1 N–H and O–H groups in total. The van der Waals surface area contributed by atoms with Crippen LogP contribution in [0.5, 0.6) is 11.5 Å². The molecular formula is C23H27N3O6S. The van der Waals surface area contributed by atoms with Crippen molar-refractivity contribution in [2.24, 2.45) is 0 Å². The summed E-state index contributed by atoms with van der Waals surface area (Å²) in [7, 11) is -0.877. The van der Waals surface area contributed by atoms with Gasteiger partial charge in [-0.3, -0.25) is 4.68 Å². The third-order valence-electron chi connectivity index (χ3n) is 5.33. The van der Waals surface area contributed by atoms with Crippen molar-refractivity contribution in [3.05, 3.63) is 72.1 Å². The lowest BCUT2D eigenvalue weighted by Gasteiger charge is -2.22. The van der Waals surface area contributed by atoms with Gasteiger partial charge < -0.3 is 14.6 Å². The van der Waals surface area contributed by atoms with Crippen LogP contribution in [0.4, 0.5) is 0 Å². The predicted octanol–water partition coefficient (Wildman–Crippen LogP) is 3.11. The summed E-state index contributed by atoms with van der Waals surface area (Å²) < 4.78 is 40.0. The number of aromatic nitrogens is 2. The van der Waals surface area contributed by atoms with Crippen molar-refractivity contribution in [1.82, 2.24) is 14.1 Å². The van der Waals surface area contributed by atoms with Crippen molar-refractivity contribution < 1.29 is 27.8 Å². The number of sulfonamides is 1. The van der Waals surface area contributed by atoms with Crippen LogP contribution in [-0.2, 0) is 33.4 Å². The molecule has 9 nitrogen and oxygen atoms in total. The number of carboxylic acids is 1. The van der Waals surface area contributed by atoms with E-state index < -0.39 is 21.5 Å². The van der Waals surface area contributed by atoms with Gasteiger partial charge in [-0.25, -0.2) is 13.2 Å². The van der Waals surface area contributed by atoms with Gasteiger partial charge in [0, 0.05) is 19.3 Å². The van der Waals surface area contributed by atoms with Crippen molar-refractivity contribution >= 4 is 16.0 Å². The molecule has 0 aliphatic rings. The Balaban J connectivity index is 1.97. The molecule has 0 unspecified atom stereocenters. The van der Waals surface area contributed by atoms with Crippen molar-refractivity contribution in [1.29, 1.82) is 0 Å². The Bertz CT molecular complexity index is 1150. The number of carbonyl (C=O) groups is 1. The second kappa shape index (κ2) is 9.63. The highest BCUT2D eigenvalue weighted by Crippen LogP contribution is 2.25. The number of nitrogens with zero attached hydrogens (tertiary/aromatic N) is 3. The summed E-state index contributed by atoms with van der Waals surface area (Å²) in [4.78, 5) is 11.5. The Morgan fingerprint density at radius 1 is 0.970 bits per heavy atom. The molecule has 3 aromatic rings. The summed E-state index contributed by atoms with van der Waals surface area (Å²) in [6.45, 7) is 3.11. The van der Waals surface area contributed by atoms with E-state index in [2.05, 4.69) is 5.10 Å². The topological polar surface area (TPSA) is 111 Å². The molecule has 2 aromatic carbocycles. The number of benzene rings is 2. The molecule has 0 spiro atoms. The average Bonchev–Trinajstić information content (AvgIpc) is 3.31. The van der Waals surface area contributed by atoms with Crippen molar-refractivity contribution in [3.8, 4) is 11.5 Å². The molecule has 10 heteroatoms. The first-order valence-corrected chi connectivity index (χ1v) is 11.6. The first-order chi connectivity index (χ1) is 15.6. The summed E-state index contributed by atoms with van der Waals surface area (Å²) in [5.41, 5.74) is 0.141. The summed E-state index contributed by atoms with van der Waals surface area (Å²) >= 11 is 0. The van der Waals surface area contributed by atoms with Crippen LogP contribution in [0.15, 0.2) is 65.8 Å². The van der Waals surface area contributed by atoms with Gasteiger partial charge in [0.15, 0.2) is 5.54 Å². The molecule has 1 aromatic heterocycles. The monoisotopic (exact) mass is 473 g/mol. The van der Waals surface area contributed by atoms with Crippen molar-refractivity contribution in [3.63, 3.8) is 0 Å². The number of hydrogen-bond acceptors (Lipinski definition) is 6. The minimum atomic E-state index is -4.00. The summed E-state index contributed by atoms with van der Waals surface area (Å²) in [6.07, 6.45) is 2.42. The molecule has 0 atom stereocenters. The average molecular weight is 474 g/mol. The van der Waals surface area contributed by atoms with E-state index in [-0.39, 0.29) is 18.0 Å². The number of ether oxygens (including phenoxy) is 2.